The number of nitrogens with zero attached hydrogens (tertiary/aromatic N) is 1. The van der Waals surface area contributed by atoms with Gasteiger partial charge in [-0.2, -0.15) is 5.26 Å². The van der Waals surface area contributed by atoms with E-state index < -0.39 is 17.4 Å². The Balaban J connectivity index is 3.28. The molecule has 0 saturated carbocycles. The molecule has 0 saturated heterocycles. The van der Waals surface area contributed by atoms with E-state index in [4.69, 9.17) is 14.7 Å². The third-order valence-corrected chi connectivity index (χ3v) is 2.66. The highest BCUT2D eigenvalue weighted by atomic mass is 16.6. The first-order valence-corrected chi connectivity index (χ1v) is 6.72. The van der Waals surface area contributed by atoms with Gasteiger partial charge in [-0.25, -0.2) is 4.79 Å². The third-order valence-electron chi connectivity index (χ3n) is 2.66. The summed E-state index contributed by atoms with van der Waals surface area (Å²) in [5, 5.41) is 8.89. The molecule has 0 unspecified atom stereocenters. The lowest BCUT2D eigenvalue weighted by Crippen LogP contribution is -2.26. The number of ether oxygens (including phenoxy) is 2. The zero-order chi connectivity index (χ0) is 16.9. The molecule has 1 rings (SSSR count). The van der Waals surface area contributed by atoms with Crippen molar-refractivity contribution in [2.45, 2.75) is 33.3 Å². The molecule has 0 atom stereocenters. The van der Waals surface area contributed by atoms with Crippen LogP contribution in [0.5, 0.6) is 5.75 Å². The zero-order valence-electron chi connectivity index (χ0n) is 13.4. The van der Waals surface area contributed by atoms with Crippen LogP contribution in [-0.2, 0) is 14.3 Å². The van der Waals surface area contributed by atoms with E-state index in [-0.39, 0.29) is 5.57 Å². The lowest BCUT2D eigenvalue weighted by atomic mass is 10.0. The Bertz CT molecular complexity index is 660. The fourth-order valence-corrected chi connectivity index (χ4v) is 1.69. The van der Waals surface area contributed by atoms with Crippen molar-refractivity contribution in [1.29, 1.82) is 5.26 Å². The van der Waals surface area contributed by atoms with Crippen molar-refractivity contribution in [3.63, 3.8) is 0 Å². The number of ketones is 1. The standard InChI is InChI=1S/C17H19NO4/c1-11(19)14(16(20)22-17(2,3)4)9-13-7-6-12(10-18)8-15(13)21-5/h6-9H,1-5H3. The molecule has 22 heavy (non-hydrogen) atoms. The number of methoxy groups -OCH3 is 1. The van der Waals surface area contributed by atoms with Crippen molar-refractivity contribution in [2.75, 3.05) is 7.11 Å². The van der Waals surface area contributed by atoms with Gasteiger partial charge in [0.15, 0.2) is 5.78 Å². The van der Waals surface area contributed by atoms with Gasteiger partial charge >= 0.3 is 5.97 Å². The Kier molecular flexibility index (Phi) is 5.47. The van der Waals surface area contributed by atoms with Gasteiger partial charge in [0.25, 0.3) is 0 Å². The van der Waals surface area contributed by atoms with Crippen molar-refractivity contribution in [3.05, 3.63) is 34.9 Å². The summed E-state index contributed by atoms with van der Waals surface area (Å²) in [6.45, 7) is 6.48. The van der Waals surface area contributed by atoms with Crippen molar-refractivity contribution >= 4 is 17.8 Å². The molecular weight excluding hydrogens is 282 g/mol. The molecule has 1 aromatic rings. The lowest BCUT2D eigenvalue weighted by Gasteiger charge is -2.20. The highest BCUT2D eigenvalue weighted by Crippen LogP contribution is 2.24. The van der Waals surface area contributed by atoms with Crippen LogP contribution in [0.2, 0.25) is 0 Å². The van der Waals surface area contributed by atoms with Gasteiger partial charge in [-0.05, 0) is 52.0 Å². The molecule has 0 fully saturated rings. The first kappa shape index (κ1) is 17.4. The molecule has 0 aliphatic carbocycles. The van der Waals surface area contributed by atoms with Gasteiger partial charge in [0.05, 0.1) is 18.7 Å². The van der Waals surface area contributed by atoms with E-state index in [0.29, 0.717) is 16.9 Å². The summed E-state index contributed by atoms with van der Waals surface area (Å²) in [6, 6.07) is 6.74. The van der Waals surface area contributed by atoms with Crippen LogP contribution in [0.3, 0.4) is 0 Å². The molecule has 5 heteroatoms. The van der Waals surface area contributed by atoms with Crippen molar-refractivity contribution in [1.82, 2.24) is 0 Å². The van der Waals surface area contributed by atoms with Crippen LogP contribution in [0.15, 0.2) is 23.8 Å². The summed E-state index contributed by atoms with van der Waals surface area (Å²) < 4.78 is 10.4. The number of benzene rings is 1. The highest BCUT2D eigenvalue weighted by Gasteiger charge is 2.23. The van der Waals surface area contributed by atoms with Crippen molar-refractivity contribution in [3.8, 4) is 11.8 Å². The van der Waals surface area contributed by atoms with E-state index in [9.17, 15) is 9.59 Å². The Labute approximate surface area is 130 Å². The molecule has 0 heterocycles. The largest absolute Gasteiger partial charge is 0.496 e. The van der Waals surface area contributed by atoms with Gasteiger partial charge in [-0.1, -0.05) is 0 Å². The van der Waals surface area contributed by atoms with Crippen molar-refractivity contribution < 1.29 is 19.1 Å². The first-order chi connectivity index (χ1) is 10.2. The summed E-state index contributed by atoms with van der Waals surface area (Å²) in [4.78, 5) is 23.9. The maximum atomic E-state index is 12.1. The Morgan fingerprint density at radius 1 is 1.27 bits per heavy atom. The van der Waals surface area contributed by atoms with Gasteiger partial charge in [-0.3, -0.25) is 4.79 Å². The minimum Gasteiger partial charge on any atom is -0.496 e. The van der Waals surface area contributed by atoms with Gasteiger partial charge in [0.2, 0.25) is 0 Å². The van der Waals surface area contributed by atoms with E-state index in [1.807, 2.05) is 6.07 Å². The molecule has 0 bridgehead atoms. The van der Waals surface area contributed by atoms with Gasteiger partial charge < -0.3 is 9.47 Å². The Morgan fingerprint density at radius 2 is 1.91 bits per heavy atom. The molecule has 0 aliphatic rings. The lowest BCUT2D eigenvalue weighted by molar-refractivity contribution is -0.150. The van der Waals surface area contributed by atoms with Gasteiger partial charge in [-0.15, -0.1) is 0 Å². The quantitative estimate of drug-likeness (QED) is 0.370. The monoisotopic (exact) mass is 301 g/mol. The SMILES string of the molecule is COc1cc(C#N)ccc1C=C(C(C)=O)C(=O)OC(C)(C)C. The van der Waals surface area contributed by atoms with Crippen molar-refractivity contribution in [2.24, 2.45) is 0 Å². The van der Waals surface area contributed by atoms with E-state index in [1.54, 1.807) is 39.0 Å². The van der Waals surface area contributed by atoms with Crippen LogP contribution in [0.4, 0.5) is 0 Å². The number of hydrogen-bond donors (Lipinski definition) is 0. The zero-order valence-corrected chi connectivity index (χ0v) is 13.4. The normalized spacial score (nSPS) is 11.5. The molecular formula is C17H19NO4. The second-order valence-corrected chi connectivity index (χ2v) is 5.68. The molecule has 0 spiro atoms. The number of carbonyl (C=O) groups is 2. The van der Waals surface area contributed by atoms with Crippen LogP contribution < -0.4 is 4.74 Å². The second-order valence-electron chi connectivity index (χ2n) is 5.68. The predicted octanol–water partition coefficient (Wildman–Crippen LogP) is 2.88. The summed E-state index contributed by atoms with van der Waals surface area (Å²) in [5.74, 6) is -0.687. The molecule has 0 aliphatic heterocycles. The first-order valence-electron chi connectivity index (χ1n) is 6.72. The number of Topliss-reactive ketones (excluding diaryl/α,β-unsaturated/α-hetero) is 1. The molecule has 0 radical (unpaired) electrons. The van der Waals surface area contributed by atoms with E-state index >= 15 is 0 Å². The van der Waals surface area contributed by atoms with Crippen LogP contribution in [-0.4, -0.2) is 24.5 Å². The van der Waals surface area contributed by atoms with E-state index in [0.717, 1.165) is 0 Å². The van der Waals surface area contributed by atoms with Crippen LogP contribution in [0.1, 0.15) is 38.8 Å². The topological polar surface area (TPSA) is 76.4 Å². The third kappa shape index (κ3) is 4.74. The number of nitriles is 1. The fourth-order valence-electron chi connectivity index (χ4n) is 1.69. The summed E-state index contributed by atoms with van der Waals surface area (Å²) >= 11 is 0. The minimum absolute atomic E-state index is 0.0714. The van der Waals surface area contributed by atoms with E-state index in [1.165, 1.54) is 20.1 Å². The molecule has 0 amide bonds. The molecule has 0 N–H and O–H groups in total. The summed E-state index contributed by atoms with van der Waals surface area (Å²) in [5.41, 5.74) is 0.187. The number of rotatable bonds is 4. The number of hydrogen-bond acceptors (Lipinski definition) is 5. The van der Waals surface area contributed by atoms with Crippen LogP contribution in [0, 0.1) is 11.3 Å². The van der Waals surface area contributed by atoms with Gasteiger partial charge in [0.1, 0.15) is 16.9 Å². The number of esters is 1. The molecule has 1 aromatic carbocycles. The predicted molar refractivity (Wildman–Crippen MR) is 82.2 cm³/mol. The Hall–Kier alpha value is -2.61. The molecule has 5 nitrogen and oxygen atoms in total. The van der Waals surface area contributed by atoms with E-state index in [2.05, 4.69) is 0 Å². The number of carbonyl (C=O) groups excluding carboxylic acids is 2. The summed E-state index contributed by atoms with van der Waals surface area (Å²) in [7, 11) is 1.45. The van der Waals surface area contributed by atoms with Crippen LogP contribution in [0.25, 0.3) is 6.08 Å². The smallest absolute Gasteiger partial charge is 0.342 e. The molecule has 0 aromatic heterocycles. The van der Waals surface area contributed by atoms with Crippen LogP contribution >= 0.6 is 0 Å². The minimum atomic E-state index is -0.694. The second kappa shape index (κ2) is 6.90. The Morgan fingerprint density at radius 3 is 2.36 bits per heavy atom. The average Bonchev–Trinajstić information content (AvgIpc) is 2.42. The highest BCUT2D eigenvalue weighted by molar-refractivity contribution is 6.20. The summed E-state index contributed by atoms with van der Waals surface area (Å²) in [6.07, 6.45) is 1.41. The van der Waals surface area contributed by atoms with Gasteiger partial charge in [0, 0.05) is 5.56 Å². The molecule has 116 valence electrons. The maximum Gasteiger partial charge on any atom is 0.342 e. The maximum absolute atomic E-state index is 12.1. The average molecular weight is 301 g/mol. The fraction of sp³-hybridized carbons (Fsp3) is 0.353.